The summed E-state index contributed by atoms with van der Waals surface area (Å²) >= 11 is 0. The van der Waals surface area contributed by atoms with Gasteiger partial charge < -0.3 is 4.74 Å². The first-order valence-electron chi connectivity index (χ1n) is 3.74. The zero-order valence-electron chi connectivity index (χ0n) is 7.24. The first kappa shape index (κ1) is 20.1. The Hall–Kier alpha value is 0.620. The topological polar surface area (TPSA) is 43.4 Å². The van der Waals surface area contributed by atoms with E-state index in [1.54, 1.807) is 19.1 Å². The van der Waals surface area contributed by atoms with E-state index in [1.165, 1.54) is 12.2 Å². The van der Waals surface area contributed by atoms with Crippen LogP contribution < -0.4 is 0 Å². The van der Waals surface area contributed by atoms with Gasteiger partial charge in [0.05, 0.1) is 0 Å². The van der Waals surface area contributed by atoms with E-state index in [-0.39, 0.29) is 65.5 Å². The maximum absolute atomic E-state index is 10.7. The number of ether oxygens (including phenoxy) is 1. The van der Waals surface area contributed by atoms with Crippen LogP contribution in [0.4, 0.5) is 0 Å². The molecule has 5 heteroatoms. The van der Waals surface area contributed by atoms with E-state index in [2.05, 4.69) is 4.74 Å². The van der Waals surface area contributed by atoms with Crippen LogP contribution in [-0.2, 0) is 14.3 Å². The number of carbonyl (C=O) groups excluding carboxylic acids is 2. The van der Waals surface area contributed by atoms with Crippen molar-refractivity contribution >= 4 is 71.1 Å². The second-order valence-electron chi connectivity index (χ2n) is 2.03. The standard InChI is InChI=1S/C9H12O3.2Na.2H/c1-3-5-6-7-9(11)12-8(10)4-2;;;;/h3,5-7H,4H2,1-2H3;;;;/b5-3+,7-6+;;;;. The molecular formula is C9H14Na2O3. The number of esters is 2. The molecule has 0 aliphatic carbocycles. The summed E-state index contributed by atoms with van der Waals surface area (Å²) in [6, 6.07) is 0. The van der Waals surface area contributed by atoms with Crippen LogP contribution in [0.1, 0.15) is 20.3 Å². The summed E-state index contributed by atoms with van der Waals surface area (Å²) in [5.74, 6) is -1.13. The monoisotopic (exact) mass is 216 g/mol. The predicted molar refractivity (Wildman–Crippen MR) is 59.6 cm³/mol. The molecule has 0 aromatic heterocycles. The fraction of sp³-hybridized carbons (Fsp3) is 0.333. The molecule has 0 spiro atoms. The van der Waals surface area contributed by atoms with Crippen LogP contribution in [0.5, 0.6) is 0 Å². The van der Waals surface area contributed by atoms with Gasteiger partial charge in [0.1, 0.15) is 0 Å². The summed E-state index contributed by atoms with van der Waals surface area (Å²) in [7, 11) is 0. The van der Waals surface area contributed by atoms with E-state index in [9.17, 15) is 9.59 Å². The van der Waals surface area contributed by atoms with Gasteiger partial charge in [-0.1, -0.05) is 25.2 Å². The summed E-state index contributed by atoms with van der Waals surface area (Å²) in [6.07, 6.45) is 6.38. The molecule has 0 unspecified atom stereocenters. The Balaban J connectivity index is -0.000000605. The van der Waals surface area contributed by atoms with Crippen molar-refractivity contribution in [2.75, 3.05) is 0 Å². The van der Waals surface area contributed by atoms with Gasteiger partial charge in [-0.25, -0.2) is 4.79 Å². The Bertz CT molecular complexity index is 222. The van der Waals surface area contributed by atoms with Crippen molar-refractivity contribution < 1.29 is 14.3 Å². The normalized spacial score (nSPS) is 9.29. The van der Waals surface area contributed by atoms with Crippen molar-refractivity contribution in [3.63, 3.8) is 0 Å². The van der Waals surface area contributed by atoms with Crippen molar-refractivity contribution in [3.8, 4) is 0 Å². The van der Waals surface area contributed by atoms with E-state index in [1.807, 2.05) is 6.92 Å². The van der Waals surface area contributed by atoms with Crippen molar-refractivity contribution in [2.24, 2.45) is 0 Å². The van der Waals surface area contributed by atoms with Crippen LogP contribution in [0, 0.1) is 0 Å². The van der Waals surface area contributed by atoms with Gasteiger partial charge in [0.2, 0.25) is 0 Å². The number of carbonyl (C=O) groups is 2. The number of allylic oxidation sites excluding steroid dienone is 3. The minimum atomic E-state index is -0.625. The fourth-order valence-electron chi connectivity index (χ4n) is 0.464. The van der Waals surface area contributed by atoms with Crippen LogP contribution in [0.3, 0.4) is 0 Å². The molecular weight excluding hydrogens is 202 g/mol. The van der Waals surface area contributed by atoms with Crippen LogP contribution in [0.25, 0.3) is 0 Å². The Morgan fingerprint density at radius 3 is 2.21 bits per heavy atom. The first-order chi connectivity index (χ1) is 5.70. The fourth-order valence-corrected chi connectivity index (χ4v) is 0.464. The summed E-state index contributed by atoms with van der Waals surface area (Å²) in [6.45, 7) is 3.46. The van der Waals surface area contributed by atoms with Gasteiger partial charge in [0.15, 0.2) is 0 Å². The Labute approximate surface area is 129 Å². The summed E-state index contributed by atoms with van der Waals surface area (Å²) in [5.41, 5.74) is 0. The van der Waals surface area contributed by atoms with Crippen LogP contribution in [-0.4, -0.2) is 71.1 Å². The minimum absolute atomic E-state index is 0. The molecule has 0 fully saturated rings. The molecule has 0 rings (SSSR count). The Morgan fingerprint density at radius 1 is 1.21 bits per heavy atom. The molecule has 0 aliphatic heterocycles. The van der Waals surface area contributed by atoms with E-state index < -0.39 is 11.9 Å². The summed E-state index contributed by atoms with van der Waals surface area (Å²) in [5, 5.41) is 0. The van der Waals surface area contributed by atoms with Crippen LogP contribution in [0.2, 0.25) is 0 Å². The zero-order valence-corrected chi connectivity index (χ0v) is 7.24. The molecule has 0 bridgehead atoms. The second kappa shape index (κ2) is 13.6. The Morgan fingerprint density at radius 2 is 1.79 bits per heavy atom. The van der Waals surface area contributed by atoms with Crippen molar-refractivity contribution in [1.82, 2.24) is 0 Å². The summed E-state index contributed by atoms with van der Waals surface area (Å²) in [4.78, 5) is 21.3. The molecule has 0 aromatic carbocycles. The molecule has 0 saturated heterocycles. The van der Waals surface area contributed by atoms with E-state index >= 15 is 0 Å². The van der Waals surface area contributed by atoms with Gasteiger partial charge in [0.25, 0.3) is 0 Å². The molecule has 0 aliphatic rings. The first-order valence-corrected chi connectivity index (χ1v) is 3.74. The van der Waals surface area contributed by atoms with Gasteiger partial charge in [0, 0.05) is 12.5 Å². The van der Waals surface area contributed by atoms with Crippen molar-refractivity contribution in [3.05, 3.63) is 24.3 Å². The maximum atomic E-state index is 10.7. The molecule has 0 amide bonds. The van der Waals surface area contributed by atoms with Gasteiger partial charge in [-0.15, -0.1) is 0 Å². The molecule has 0 N–H and O–H groups in total. The zero-order chi connectivity index (χ0) is 9.40. The molecule has 0 heterocycles. The molecule has 3 nitrogen and oxygen atoms in total. The van der Waals surface area contributed by atoms with Gasteiger partial charge in [-0.05, 0) is 6.92 Å². The van der Waals surface area contributed by atoms with Gasteiger partial charge in [-0.3, -0.25) is 4.79 Å². The second-order valence-corrected chi connectivity index (χ2v) is 2.03. The average Bonchev–Trinajstić information content (AvgIpc) is 2.05. The van der Waals surface area contributed by atoms with Gasteiger partial charge in [-0.2, -0.15) is 0 Å². The quantitative estimate of drug-likeness (QED) is 0.224. The van der Waals surface area contributed by atoms with E-state index in [0.29, 0.717) is 0 Å². The van der Waals surface area contributed by atoms with Crippen molar-refractivity contribution in [1.29, 1.82) is 0 Å². The molecule has 14 heavy (non-hydrogen) atoms. The van der Waals surface area contributed by atoms with Crippen LogP contribution >= 0.6 is 0 Å². The predicted octanol–water partition coefficient (Wildman–Crippen LogP) is 0.301. The third-order valence-corrected chi connectivity index (χ3v) is 1.04. The third kappa shape index (κ3) is 12.6. The number of hydrogen-bond acceptors (Lipinski definition) is 3. The SMILES string of the molecule is C/C=C/C=C/C(=O)OC(=O)CC.[NaH].[NaH]. The van der Waals surface area contributed by atoms with E-state index in [4.69, 9.17) is 0 Å². The van der Waals surface area contributed by atoms with Gasteiger partial charge >= 0.3 is 71.1 Å². The third-order valence-electron chi connectivity index (χ3n) is 1.04. The summed E-state index contributed by atoms with van der Waals surface area (Å²) < 4.78 is 4.35. The molecule has 70 valence electrons. The Kier molecular flexibility index (Phi) is 19.5. The number of hydrogen-bond donors (Lipinski definition) is 0. The molecule has 0 saturated carbocycles. The van der Waals surface area contributed by atoms with Crippen molar-refractivity contribution in [2.45, 2.75) is 20.3 Å². The average molecular weight is 216 g/mol. The number of rotatable bonds is 3. The molecule has 0 atom stereocenters. The molecule has 0 radical (unpaired) electrons. The van der Waals surface area contributed by atoms with E-state index in [0.717, 1.165) is 0 Å². The van der Waals surface area contributed by atoms with Crippen LogP contribution in [0.15, 0.2) is 24.3 Å². The molecule has 0 aromatic rings.